The van der Waals surface area contributed by atoms with Crippen LogP contribution in [0.5, 0.6) is 0 Å². The lowest BCUT2D eigenvalue weighted by Gasteiger charge is -2.33. The van der Waals surface area contributed by atoms with Gasteiger partial charge in [0.2, 0.25) is 5.91 Å². The van der Waals surface area contributed by atoms with E-state index >= 15 is 0 Å². The highest BCUT2D eigenvalue weighted by Gasteiger charge is 2.34. The van der Waals surface area contributed by atoms with E-state index in [2.05, 4.69) is 10.3 Å². The van der Waals surface area contributed by atoms with Crippen LogP contribution in [0.2, 0.25) is 0 Å². The summed E-state index contributed by atoms with van der Waals surface area (Å²) in [6, 6.07) is 17.6. The van der Waals surface area contributed by atoms with Gasteiger partial charge in [0.15, 0.2) is 0 Å². The molecule has 0 radical (unpaired) electrons. The summed E-state index contributed by atoms with van der Waals surface area (Å²) in [5.41, 5.74) is 3.52. The van der Waals surface area contributed by atoms with Crippen LogP contribution in [0.4, 0.5) is 5.69 Å². The first-order valence-electron chi connectivity index (χ1n) is 11.8. The maximum atomic E-state index is 12.7. The highest BCUT2D eigenvalue weighted by atomic mass is 16.2. The van der Waals surface area contributed by atoms with E-state index in [9.17, 15) is 14.4 Å². The van der Waals surface area contributed by atoms with E-state index in [4.69, 9.17) is 0 Å². The summed E-state index contributed by atoms with van der Waals surface area (Å²) < 4.78 is 1.73. The van der Waals surface area contributed by atoms with Crippen LogP contribution in [0.3, 0.4) is 0 Å². The molecule has 180 valence electrons. The SMILES string of the molecule is Cc1cccc(N2CCN(Cc3cn(CC4CC(=O)N(Cc5ccccc5)C4)nn3)C(=O)C2=O)c1. The molecule has 0 bridgehead atoms. The number of carbonyl (C=O) groups excluding carboxylic acids is 3. The number of piperazine rings is 1. The number of hydrogen-bond acceptors (Lipinski definition) is 5. The monoisotopic (exact) mass is 472 g/mol. The molecule has 0 N–H and O–H groups in total. The van der Waals surface area contributed by atoms with Crippen molar-refractivity contribution in [3.05, 3.63) is 77.6 Å². The van der Waals surface area contributed by atoms with Crippen LogP contribution in [-0.4, -0.2) is 62.1 Å². The van der Waals surface area contributed by atoms with Crippen molar-refractivity contribution in [1.82, 2.24) is 24.8 Å². The molecule has 0 aliphatic carbocycles. The Morgan fingerprint density at radius 1 is 0.914 bits per heavy atom. The molecule has 3 amide bonds. The van der Waals surface area contributed by atoms with Crippen LogP contribution in [0.25, 0.3) is 0 Å². The molecule has 1 aromatic heterocycles. The smallest absolute Gasteiger partial charge is 0.316 e. The average Bonchev–Trinajstić information content (AvgIpc) is 3.43. The molecular formula is C26H28N6O3. The van der Waals surface area contributed by atoms with Gasteiger partial charge >= 0.3 is 11.8 Å². The number of anilines is 1. The second kappa shape index (κ2) is 9.69. The highest BCUT2D eigenvalue weighted by Crippen LogP contribution is 2.22. The zero-order chi connectivity index (χ0) is 24.4. The van der Waals surface area contributed by atoms with E-state index in [0.29, 0.717) is 44.8 Å². The molecule has 2 aliphatic rings. The first-order valence-corrected chi connectivity index (χ1v) is 11.8. The van der Waals surface area contributed by atoms with Crippen LogP contribution in [0, 0.1) is 12.8 Å². The molecule has 9 nitrogen and oxygen atoms in total. The lowest BCUT2D eigenvalue weighted by molar-refractivity contribution is -0.146. The van der Waals surface area contributed by atoms with Crippen molar-refractivity contribution < 1.29 is 14.4 Å². The van der Waals surface area contributed by atoms with Crippen LogP contribution in [0.15, 0.2) is 60.8 Å². The Kier molecular flexibility index (Phi) is 6.31. The normalized spacial score (nSPS) is 18.6. The summed E-state index contributed by atoms with van der Waals surface area (Å²) >= 11 is 0. The van der Waals surface area contributed by atoms with Gasteiger partial charge in [0.1, 0.15) is 5.69 Å². The second-order valence-electron chi connectivity index (χ2n) is 9.28. The Hall–Kier alpha value is -4.01. The molecule has 3 aromatic rings. The van der Waals surface area contributed by atoms with Gasteiger partial charge in [0, 0.05) is 50.7 Å². The van der Waals surface area contributed by atoms with Gasteiger partial charge in [-0.15, -0.1) is 5.10 Å². The third-order valence-electron chi connectivity index (χ3n) is 6.52. The number of aromatic nitrogens is 3. The van der Waals surface area contributed by atoms with Crippen LogP contribution in [0.1, 0.15) is 23.2 Å². The molecular weight excluding hydrogens is 444 g/mol. The van der Waals surface area contributed by atoms with E-state index in [0.717, 1.165) is 16.8 Å². The summed E-state index contributed by atoms with van der Waals surface area (Å²) in [7, 11) is 0. The van der Waals surface area contributed by atoms with E-state index in [1.807, 2.05) is 66.4 Å². The Morgan fingerprint density at radius 2 is 1.74 bits per heavy atom. The quantitative estimate of drug-likeness (QED) is 0.491. The van der Waals surface area contributed by atoms with Crippen molar-refractivity contribution in [1.29, 1.82) is 0 Å². The summed E-state index contributed by atoms with van der Waals surface area (Å²) in [6.45, 7) is 4.92. The van der Waals surface area contributed by atoms with Gasteiger partial charge in [-0.3, -0.25) is 19.1 Å². The van der Waals surface area contributed by atoms with Gasteiger partial charge in [-0.2, -0.15) is 0 Å². The highest BCUT2D eigenvalue weighted by molar-refractivity contribution is 6.40. The molecule has 1 unspecified atom stereocenters. The number of carbonyl (C=O) groups is 3. The Labute approximate surface area is 203 Å². The average molecular weight is 473 g/mol. The third kappa shape index (κ3) is 5.08. The topological polar surface area (TPSA) is 91.6 Å². The zero-order valence-corrected chi connectivity index (χ0v) is 19.7. The van der Waals surface area contributed by atoms with E-state index in [-0.39, 0.29) is 18.4 Å². The van der Waals surface area contributed by atoms with Crippen molar-refractivity contribution >= 4 is 23.4 Å². The first-order chi connectivity index (χ1) is 17.0. The molecule has 3 heterocycles. The van der Waals surface area contributed by atoms with Gasteiger partial charge < -0.3 is 14.7 Å². The number of nitrogens with zero attached hydrogens (tertiary/aromatic N) is 6. The third-order valence-corrected chi connectivity index (χ3v) is 6.52. The number of aryl methyl sites for hydroxylation is 1. The Balaban J connectivity index is 1.16. The van der Waals surface area contributed by atoms with Crippen LogP contribution >= 0.6 is 0 Å². The first kappa shape index (κ1) is 22.8. The van der Waals surface area contributed by atoms with Crippen LogP contribution < -0.4 is 4.90 Å². The maximum absolute atomic E-state index is 12.7. The molecule has 0 spiro atoms. The largest absolute Gasteiger partial charge is 0.338 e. The van der Waals surface area contributed by atoms with Crippen molar-refractivity contribution in [3.63, 3.8) is 0 Å². The molecule has 0 saturated carbocycles. The van der Waals surface area contributed by atoms with Crippen molar-refractivity contribution in [2.24, 2.45) is 5.92 Å². The lowest BCUT2D eigenvalue weighted by Crippen LogP contribution is -2.54. The fourth-order valence-corrected chi connectivity index (χ4v) is 4.76. The Bertz CT molecular complexity index is 1240. The molecule has 2 fully saturated rings. The molecule has 2 aliphatic heterocycles. The molecule has 2 aromatic carbocycles. The second-order valence-corrected chi connectivity index (χ2v) is 9.28. The molecule has 9 heteroatoms. The van der Waals surface area contributed by atoms with Crippen molar-refractivity contribution in [3.8, 4) is 0 Å². The predicted octanol–water partition coefficient (Wildman–Crippen LogP) is 2.01. The molecule has 2 saturated heterocycles. The van der Waals surface area contributed by atoms with Crippen molar-refractivity contribution in [2.45, 2.75) is 33.0 Å². The van der Waals surface area contributed by atoms with E-state index < -0.39 is 11.8 Å². The molecule has 35 heavy (non-hydrogen) atoms. The van der Waals surface area contributed by atoms with Gasteiger partial charge in [0.05, 0.1) is 12.7 Å². The summed E-state index contributed by atoms with van der Waals surface area (Å²) in [5.74, 6) is -0.765. The van der Waals surface area contributed by atoms with E-state index in [1.165, 1.54) is 9.80 Å². The van der Waals surface area contributed by atoms with E-state index in [1.54, 1.807) is 10.9 Å². The minimum absolute atomic E-state index is 0.148. The van der Waals surface area contributed by atoms with Gasteiger partial charge in [-0.05, 0) is 30.2 Å². The number of amides is 3. The summed E-state index contributed by atoms with van der Waals surface area (Å²) in [4.78, 5) is 42.9. The standard InChI is InChI=1S/C26H28N6O3/c1-19-6-5-9-23(12-19)32-11-10-29(25(34)26(32)35)17-22-18-31(28-27-22)16-21-13-24(33)30(15-21)14-20-7-3-2-4-8-20/h2-9,12,18,21H,10-11,13-17H2,1H3. The van der Waals surface area contributed by atoms with Gasteiger partial charge in [-0.1, -0.05) is 47.7 Å². The zero-order valence-electron chi connectivity index (χ0n) is 19.7. The number of likely N-dealkylation sites (tertiary alicyclic amines) is 1. The Morgan fingerprint density at radius 3 is 2.54 bits per heavy atom. The van der Waals surface area contributed by atoms with Gasteiger partial charge in [0.25, 0.3) is 0 Å². The molecule has 1 atom stereocenters. The lowest BCUT2D eigenvalue weighted by atomic mass is 10.1. The molecule has 5 rings (SSSR count). The number of hydrogen-bond donors (Lipinski definition) is 0. The minimum Gasteiger partial charge on any atom is -0.338 e. The van der Waals surface area contributed by atoms with Crippen LogP contribution in [-0.2, 0) is 34.0 Å². The van der Waals surface area contributed by atoms with Gasteiger partial charge in [-0.25, -0.2) is 0 Å². The summed E-state index contributed by atoms with van der Waals surface area (Å²) in [6.07, 6.45) is 2.28. The fourth-order valence-electron chi connectivity index (χ4n) is 4.76. The number of rotatable bonds is 7. The minimum atomic E-state index is -0.537. The predicted molar refractivity (Wildman–Crippen MR) is 129 cm³/mol. The summed E-state index contributed by atoms with van der Waals surface area (Å²) in [5, 5.41) is 8.40. The fraction of sp³-hybridized carbons (Fsp3) is 0.346. The maximum Gasteiger partial charge on any atom is 0.316 e. The van der Waals surface area contributed by atoms with Crippen molar-refractivity contribution in [2.75, 3.05) is 24.5 Å². The number of benzene rings is 2.